The maximum absolute atomic E-state index is 4.74. The van der Waals surface area contributed by atoms with Crippen molar-refractivity contribution in [2.24, 2.45) is 0 Å². The number of anilines is 2. The second-order valence-electron chi connectivity index (χ2n) is 6.06. The average Bonchev–Trinajstić information content (AvgIpc) is 2.76. The molecule has 1 aliphatic carbocycles. The van der Waals surface area contributed by atoms with Crippen molar-refractivity contribution in [3.8, 4) is 0 Å². The first-order valence-corrected chi connectivity index (χ1v) is 8.68. The van der Waals surface area contributed by atoms with Crippen molar-refractivity contribution in [1.82, 2.24) is 9.97 Å². The SMILES string of the molecule is CCCN(CCC)c1ccnc(NC2CCCCCC2)n1. The standard InChI is InChI=1S/C17H30N4/c1-3-13-21(14-4-2)16-11-12-18-17(20-16)19-15-9-7-5-6-8-10-15/h11-12,15H,3-10,13-14H2,1-2H3,(H,18,19,20). The molecule has 0 bridgehead atoms. The summed E-state index contributed by atoms with van der Waals surface area (Å²) in [6, 6.07) is 2.58. The summed E-state index contributed by atoms with van der Waals surface area (Å²) in [4.78, 5) is 11.5. The van der Waals surface area contributed by atoms with Crippen LogP contribution in [0.25, 0.3) is 0 Å². The zero-order valence-corrected chi connectivity index (χ0v) is 13.6. The zero-order valence-electron chi connectivity index (χ0n) is 13.6. The normalized spacial score (nSPS) is 16.5. The number of hydrogen-bond acceptors (Lipinski definition) is 4. The Kier molecular flexibility index (Phi) is 6.77. The molecule has 1 aromatic heterocycles. The Morgan fingerprint density at radius 3 is 2.38 bits per heavy atom. The Labute approximate surface area is 129 Å². The first-order chi connectivity index (χ1) is 10.3. The van der Waals surface area contributed by atoms with Crippen LogP contribution in [0.1, 0.15) is 65.2 Å². The first kappa shape index (κ1) is 16.1. The largest absolute Gasteiger partial charge is 0.356 e. The van der Waals surface area contributed by atoms with E-state index in [1.807, 2.05) is 12.3 Å². The lowest BCUT2D eigenvalue weighted by atomic mass is 10.1. The molecule has 1 aromatic rings. The summed E-state index contributed by atoms with van der Waals surface area (Å²) >= 11 is 0. The Morgan fingerprint density at radius 1 is 1.10 bits per heavy atom. The first-order valence-electron chi connectivity index (χ1n) is 8.68. The Balaban J connectivity index is 2.01. The third-order valence-corrected chi connectivity index (χ3v) is 4.14. The van der Waals surface area contributed by atoms with E-state index in [0.29, 0.717) is 6.04 Å². The summed E-state index contributed by atoms with van der Waals surface area (Å²) in [5.74, 6) is 1.86. The number of nitrogens with zero attached hydrogens (tertiary/aromatic N) is 3. The monoisotopic (exact) mass is 290 g/mol. The molecule has 4 heteroatoms. The van der Waals surface area contributed by atoms with Crippen molar-refractivity contribution in [2.75, 3.05) is 23.3 Å². The van der Waals surface area contributed by atoms with E-state index in [-0.39, 0.29) is 0 Å². The van der Waals surface area contributed by atoms with E-state index in [4.69, 9.17) is 4.98 Å². The van der Waals surface area contributed by atoms with Crippen molar-refractivity contribution >= 4 is 11.8 Å². The van der Waals surface area contributed by atoms with Gasteiger partial charge in [-0.3, -0.25) is 0 Å². The lowest BCUT2D eigenvalue weighted by molar-refractivity contribution is 0.614. The van der Waals surface area contributed by atoms with Gasteiger partial charge in [0, 0.05) is 25.3 Å². The second-order valence-corrected chi connectivity index (χ2v) is 6.06. The highest BCUT2D eigenvalue weighted by molar-refractivity contribution is 5.42. The molecule has 0 spiro atoms. The van der Waals surface area contributed by atoms with Gasteiger partial charge in [0.25, 0.3) is 0 Å². The van der Waals surface area contributed by atoms with Crippen LogP contribution >= 0.6 is 0 Å². The minimum Gasteiger partial charge on any atom is -0.356 e. The smallest absolute Gasteiger partial charge is 0.224 e. The predicted molar refractivity (Wildman–Crippen MR) is 89.9 cm³/mol. The fourth-order valence-electron chi connectivity index (χ4n) is 3.08. The number of nitrogens with one attached hydrogen (secondary N) is 1. The van der Waals surface area contributed by atoms with Gasteiger partial charge in [0.05, 0.1) is 0 Å². The maximum atomic E-state index is 4.74. The van der Waals surface area contributed by atoms with Crippen molar-refractivity contribution < 1.29 is 0 Å². The van der Waals surface area contributed by atoms with Crippen molar-refractivity contribution in [3.05, 3.63) is 12.3 Å². The third kappa shape index (κ3) is 5.18. The van der Waals surface area contributed by atoms with Crippen LogP contribution in [0.5, 0.6) is 0 Å². The van der Waals surface area contributed by atoms with Crippen molar-refractivity contribution in [3.63, 3.8) is 0 Å². The maximum Gasteiger partial charge on any atom is 0.224 e. The number of aromatic nitrogens is 2. The number of rotatable bonds is 7. The molecule has 21 heavy (non-hydrogen) atoms. The molecule has 118 valence electrons. The summed E-state index contributed by atoms with van der Waals surface area (Å²) < 4.78 is 0. The molecule has 0 saturated heterocycles. The van der Waals surface area contributed by atoms with Gasteiger partial charge in [-0.25, -0.2) is 4.98 Å². The van der Waals surface area contributed by atoms with E-state index >= 15 is 0 Å². The van der Waals surface area contributed by atoms with Gasteiger partial charge >= 0.3 is 0 Å². The quantitative estimate of drug-likeness (QED) is 0.763. The molecule has 0 radical (unpaired) electrons. The molecule has 1 N–H and O–H groups in total. The Hall–Kier alpha value is -1.32. The van der Waals surface area contributed by atoms with Crippen molar-refractivity contribution in [1.29, 1.82) is 0 Å². The minimum atomic E-state index is 0.550. The molecule has 2 rings (SSSR count). The fourth-order valence-corrected chi connectivity index (χ4v) is 3.08. The van der Waals surface area contributed by atoms with Gasteiger partial charge in [0.1, 0.15) is 5.82 Å². The highest BCUT2D eigenvalue weighted by atomic mass is 15.2. The molecule has 0 amide bonds. The molecule has 1 aliphatic rings. The summed E-state index contributed by atoms with van der Waals surface area (Å²) in [6.45, 7) is 6.56. The van der Waals surface area contributed by atoms with Crippen LogP contribution < -0.4 is 10.2 Å². The average molecular weight is 290 g/mol. The van der Waals surface area contributed by atoms with E-state index in [1.54, 1.807) is 0 Å². The molecule has 0 unspecified atom stereocenters. The van der Waals surface area contributed by atoms with Gasteiger partial charge in [-0.2, -0.15) is 4.98 Å². The van der Waals surface area contributed by atoms with Crippen LogP contribution in [0.2, 0.25) is 0 Å². The lowest BCUT2D eigenvalue weighted by Crippen LogP contribution is -2.27. The molecular weight excluding hydrogens is 260 g/mol. The Bertz CT molecular complexity index is 394. The summed E-state index contributed by atoms with van der Waals surface area (Å²) in [7, 11) is 0. The highest BCUT2D eigenvalue weighted by Gasteiger charge is 2.14. The van der Waals surface area contributed by atoms with Crippen LogP contribution in [0.3, 0.4) is 0 Å². The van der Waals surface area contributed by atoms with Gasteiger partial charge in [-0.1, -0.05) is 39.5 Å². The Morgan fingerprint density at radius 2 is 1.76 bits per heavy atom. The molecule has 1 saturated carbocycles. The highest BCUT2D eigenvalue weighted by Crippen LogP contribution is 2.20. The van der Waals surface area contributed by atoms with E-state index < -0.39 is 0 Å². The van der Waals surface area contributed by atoms with Crippen LogP contribution in [-0.2, 0) is 0 Å². The fraction of sp³-hybridized carbons (Fsp3) is 0.765. The van der Waals surface area contributed by atoms with Crippen LogP contribution in [0.4, 0.5) is 11.8 Å². The third-order valence-electron chi connectivity index (χ3n) is 4.14. The molecule has 1 fully saturated rings. The van der Waals surface area contributed by atoms with Gasteiger partial charge < -0.3 is 10.2 Å². The van der Waals surface area contributed by atoms with E-state index in [9.17, 15) is 0 Å². The summed E-state index contributed by atoms with van der Waals surface area (Å²) in [5.41, 5.74) is 0. The summed E-state index contributed by atoms with van der Waals surface area (Å²) in [6.07, 6.45) is 12.1. The molecule has 0 atom stereocenters. The molecule has 4 nitrogen and oxygen atoms in total. The predicted octanol–water partition coefficient (Wildman–Crippen LogP) is 4.24. The molecule has 0 aromatic carbocycles. The van der Waals surface area contributed by atoms with E-state index in [0.717, 1.165) is 37.7 Å². The van der Waals surface area contributed by atoms with E-state index in [2.05, 4.69) is 29.0 Å². The summed E-state index contributed by atoms with van der Waals surface area (Å²) in [5, 5.41) is 3.55. The van der Waals surface area contributed by atoms with E-state index in [1.165, 1.54) is 38.5 Å². The lowest BCUT2D eigenvalue weighted by Gasteiger charge is -2.23. The van der Waals surface area contributed by atoms with Gasteiger partial charge in [0.15, 0.2) is 0 Å². The molecule has 1 heterocycles. The van der Waals surface area contributed by atoms with Gasteiger partial charge in [0.2, 0.25) is 5.95 Å². The van der Waals surface area contributed by atoms with Gasteiger partial charge in [-0.15, -0.1) is 0 Å². The van der Waals surface area contributed by atoms with Gasteiger partial charge in [-0.05, 0) is 31.7 Å². The minimum absolute atomic E-state index is 0.550. The second kappa shape index (κ2) is 8.85. The van der Waals surface area contributed by atoms with Crippen molar-refractivity contribution in [2.45, 2.75) is 71.3 Å². The topological polar surface area (TPSA) is 41.1 Å². The molecular formula is C17H30N4. The van der Waals surface area contributed by atoms with Crippen LogP contribution in [0.15, 0.2) is 12.3 Å². The number of hydrogen-bond donors (Lipinski definition) is 1. The van der Waals surface area contributed by atoms with Crippen LogP contribution in [-0.4, -0.2) is 29.1 Å². The van der Waals surface area contributed by atoms with Crippen LogP contribution in [0, 0.1) is 0 Å². The zero-order chi connectivity index (χ0) is 14.9. The molecule has 0 aliphatic heterocycles.